The van der Waals surface area contributed by atoms with Gasteiger partial charge in [-0.15, -0.1) is 0 Å². The van der Waals surface area contributed by atoms with Crippen LogP contribution in [0.1, 0.15) is 23.9 Å². The summed E-state index contributed by atoms with van der Waals surface area (Å²) < 4.78 is 31.9. The molecule has 0 aliphatic carbocycles. The molecule has 1 aromatic carbocycles. The van der Waals surface area contributed by atoms with E-state index >= 15 is 0 Å². The van der Waals surface area contributed by atoms with Gasteiger partial charge < -0.3 is 9.84 Å². The average molecular weight is 372 g/mol. The summed E-state index contributed by atoms with van der Waals surface area (Å²) in [6, 6.07) is 6.12. The fourth-order valence-electron chi connectivity index (χ4n) is 2.18. The molecule has 24 heavy (non-hydrogen) atoms. The number of sulfonamides is 1. The maximum absolute atomic E-state index is 12.4. The number of nitrogens with one attached hydrogen (secondary N) is 2. The Labute approximate surface area is 145 Å². The van der Waals surface area contributed by atoms with Gasteiger partial charge in [0.25, 0.3) is 0 Å². The van der Waals surface area contributed by atoms with Crippen LogP contribution < -0.4 is 10.0 Å². The SMILES string of the molecule is Cc1noc(C)c1S(=O)(=O)N[C@@H](C)C(=O)NCc1ccccc1Cl. The number of halogens is 1. The lowest BCUT2D eigenvalue weighted by Gasteiger charge is -2.14. The van der Waals surface area contributed by atoms with Crippen LogP contribution in [0, 0.1) is 13.8 Å². The van der Waals surface area contributed by atoms with Crippen LogP contribution >= 0.6 is 11.6 Å². The van der Waals surface area contributed by atoms with Crippen molar-refractivity contribution in [2.45, 2.75) is 38.3 Å². The topological polar surface area (TPSA) is 101 Å². The standard InChI is InChI=1S/C15H18ClN3O4S/c1-9-14(11(3)23-18-9)24(21,22)19-10(2)15(20)17-8-12-6-4-5-7-13(12)16/h4-7,10,19H,8H2,1-3H3,(H,17,20)/t10-/m0/s1. The first-order valence-corrected chi connectivity index (χ1v) is 9.05. The summed E-state index contributed by atoms with van der Waals surface area (Å²) in [5, 5.41) is 6.79. The molecule has 1 aromatic heterocycles. The fraction of sp³-hybridized carbons (Fsp3) is 0.333. The van der Waals surface area contributed by atoms with E-state index in [9.17, 15) is 13.2 Å². The lowest BCUT2D eigenvalue weighted by Crippen LogP contribution is -2.44. The van der Waals surface area contributed by atoms with Crippen molar-refractivity contribution in [2.24, 2.45) is 0 Å². The predicted molar refractivity (Wildman–Crippen MR) is 89.1 cm³/mol. The molecule has 0 aliphatic heterocycles. The first-order valence-electron chi connectivity index (χ1n) is 7.18. The largest absolute Gasteiger partial charge is 0.360 e. The minimum Gasteiger partial charge on any atom is -0.360 e. The minimum absolute atomic E-state index is 0.0479. The molecule has 0 bridgehead atoms. The number of hydrogen-bond acceptors (Lipinski definition) is 5. The summed E-state index contributed by atoms with van der Waals surface area (Å²) in [4.78, 5) is 12.1. The normalized spacial score (nSPS) is 12.8. The molecule has 2 aromatic rings. The highest BCUT2D eigenvalue weighted by Gasteiger charge is 2.28. The number of aryl methyl sites for hydroxylation is 2. The Morgan fingerprint density at radius 2 is 2.00 bits per heavy atom. The quantitative estimate of drug-likeness (QED) is 0.807. The van der Waals surface area contributed by atoms with Gasteiger partial charge in [-0.25, -0.2) is 8.42 Å². The van der Waals surface area contributed by atoms with Crippen LogP contribution in [0.3, 0.4) is 0 Å². The van der Waals surface area contributed by atoms with Gasteiger partial charge in [0.15, 0.2) is 5.76 Å². The molecule has 0 spiro atoms. The van der Waals surface area contributed by atoms with Crippen LogP contribution in [0.5, 0.6) is 0 Å². The van der Waals surface area contributed by atoms with E-state index in [4.69, 9.17) is 16.1 Å². The van der Waals surface area contributed by atoms with Crippen molar-refractivity contribution < 1.29 is 17.7 Å². The lowest BCUT2D eigenvalue weighted by molar-refractivity contribution is -0.122. The summed E-state index contributed by atoms with van der Waals surface area (Å²) in [6.07, 6.45) is 0. The first-order chi connectivity index (χ1) is 11.2. The molecule has 0 unspecified atom stereocenters. The van der Waals surface area contributed by atoms with Gasteiger partial charge in [0.2, 0.25) is 15.9 Å². The fourth-order valence-corrected chi connectivity index (χ4v) is 3.92. The van der Waals surface area contributed by atoms with Gasteiger partial charge in [-0.3, -0.25) is 4.79 Å². The molecular formula is C15H18ClN3O4S. The van der Waals surface area contributed by atoms with Crippen molar-refractivity contribution in [1.29, 1.82) is 0 Å². The second-order valence-electron chi connectivity index (χ2n) is 5.31. The predicted octanol–water partition coefficient (Wildman–Crippen LogP) is 1.93. The summed E-state index contributed by atoms with van der Waals surface area (Å²) in [5.41, 5.74) is 0.983. The third-order valence-electron chi connectivity index (χ3n) is 3.37. The van der Waals surface area contributed by atoms with Crippen molar-refractivity contribution in [3.63, 3.8) is 0 Å². The van der Waals surface area contributed by atoms with Crippen LogP contribution in [0.4, 0.5) is 0 Å². The zero-order valence-electron chi connectivity index (χ0n) is 13.5. The van der Waals surface area contributed by atoms with Crippen molar-refractivity contribution in [2.75, 3.05) is 0 Å². The highest BCUT2D eigenvalue weighted by molar-refractivity contribution is 7.89. The molecule has 2 N–H and O–H groups in total. The number of rotatable bonds is 6. The summed E-state index contributed by atoms with van der Waals surface area (Å²) in [6.45, 7) is 4.68. The summed E-state index contributed by atoms with van der Waals surface area (Å²) >= 11 is 6.02. The Kier molecular flexibility index (Phi) is 5.63. The monoisotopic (exact) mass is 371 g/mol. The molecule has 9 heteroatoms. The van der Waals surface area contributed by atoms with E-state index in [0.717, 1.165) is 5.56 Å². The molecular weight excluding hydrogens is 354 g/mol. The molecule has 7 nitrogen and oxygen atoms in total. The van der Waals surface area contributed by atoms with E-state index in [1.165, 1.54) is 20.8 Å². The van der Waals surface area contributed by atoms with Crippen molar-refractivity contribution in [1.82, 2.24) is 15.2 Å². The van der Waals surface area contributed by atoms with Crippen molar-refractivity contribution in [3.05, 3.63) is 46.3 Å². The molecule has 0 radical (unpaired) electrons. The highest BCUT2D eigenvalue weighted by Crippen LogP contribution is 2.19. The number of aromatic nitrogens is 1. The Morgan fingerprint density at radius 1 is 1.33 bits per heavy atom. The van der Waals surface area contributed by atoms with E-state index in [0.29, 0.717) is 5.02 Å². The number of carbonyl (C=O) groups is 1. The van der Waals surface area contributed by atoms with Crippen LogP contribution in [-0.4, -0.2) is 25.5 Å². The van der Waals surface area contributed by atoms with E-state index in [-0.39, 0.29) is 22.9 Å². The van der Waals surface area contributed by atoms with Gasteiger partial charge in [0.1, 0.15) is 10.6 Å². The Morgan fingerprint density at radius 3 is 2.58 bits per heavy atom. The smallest absolute Gasteiger partial charge is 0.246 e. The van der Waals surface area contributed by atoms with Gasteiger partial charge in [-0.1, -0.05) is 35.0 Å². The third kappa shape index (κ3) is 4.14. The summed E-state index contributed by atoms with van der Waals surface area (Å²) in [7, 11) is -3.91. The maximum atomic E-state index is 12.4. The minimum atomic E-state index is -3.91. The van der Waals surface area contributed by atoms with Gasteiger partial charge in [-0.2, -0.15) is 4.72 Å². The number of amides is 1. The molecule has 1 atom stereocenters. The van der Waals surface area contributed by atoms with Gasteiger partial charge in [0, 0.05) is 11.6 Å². The molecule has 0 aliphatic rings. The van der Waals surface area contributed by atoms with E-state index in [1.807, 2.05) is 0 Å². The number of carbonyl (C=O) groups excluding carboxylic acids is 1. The zero-order valence-corrected chi connectivity index (χ0v) is 15.0. The third-order valence-corrected chi connectivity index (χ3v) is 5.53. The molecule has 0 fully saturated rings. The van der Waals surface area contributed by atoms with E-state index < -0.39 is 22.0 Å². The molecule has 0 saturated carbocycles. The van der Waals surface area contributed by atoms with Crippen LogP contribution in [-0.2, 0) is 21.4 Å². The van der Waals surface area contributed by atoms with Crippen molar-refractivity contribution >= 4 is 27.5 Å². The Hall–Kier alpha value is -1.90. The number of benzene rings is 1. The Bertz CT molecular complexity index is 829. The number of nitrogens with zero attached hydrogens (tertiary/aromatic N) is 1. The molecule has 1 amide bonds. The highest BCUT2D eigenvalue weighted by atomic mass is 35.5. The zero-order chi connectivity index (χ0) is 17.9. The van der Waals surface area contributed by atoms with E-state index in [2.05, 4.69) is 15.2 Å². The van der Waals surface area contributed by atoms with Crippen LogP contribution in [0.25, 0.3) is 0 Å². The first kappa shape index (κ1) is 18.4. The van der Waals surface area contributed by atoms with Gasteiger partial charge in [0.05, 0.1) is 6.04 Å². The van der Waals surface area contributed by atoms with Crippen LogP contribution in [0.15, 0.2) is 33.7 Å². The maximum Gasteiger partial charge on any atom is 0.246 e. The molecule has 2 rings (SSSR count). The molecule has 130 valence electrons. The van der Waals surface area contributed by atoms with Crippen LogP contribution in [0.2, 0.25) is 5.02 Å². The number of hydrogen-bond donors (Lipinski definition) is 2. The van der Waals surface area contributed by atoms with E-state index in [1.54, 1.807) is 24.3 Å². The lowest BCUT2D eigenvalue weighted by atomic mass is 10.2. The second kappa shape index (κ2) is 7.33. The Balaban J connectivity index is 2.02. The molecule has 0 saturated heterocycles. The van der Waals surface area contributed by atoms with Gasteiger partial charge in [-0.05, 0) is 32.4 Å². The van der Waals surface area contributed by atoms with Crippen molar-refractivity contribution in [3.8, 4) is 0 Å². The molecule has 1 heterocycles. The van der Waals surface area contributed by atoms with Gasteiger partial charge >= 0.3 is 0 Å². The average Bonchev–Trinajstić information content (AvgIpc) is 2.85. The summed E-state index contributed by atoms with van der Waals surface area (Å²) in [5.74, 6) is -0.297. The second-order valence-corrected chi connectivity index (χ2v) is 7.36.